The highest BCUT2D eigenvalue weighted by atomic mass is 16.4. The number of nitrogens with zero attached hydrogens (tertiary/aromatic N) is 1. The Kier molecular flexibility index (Phi) is 4.70. The molecule has 5 heteroatoms. The zero-order valence-electron chi connectivity index (χ0n) is 9.36. The first kappa shape index (κ1) is 12.7. The van der Waals surface area contributed by atoms with Gasteiger partial charge in [-0.15, -0.1) is 11.8 Å². The van der Waals surface area contributed by atoms with Gasteiger partial charge in [-0.3, -0.25) is 4.79 Å². The number of rotatable bonds is 4. The molecule has 0 spiro atoms. The van der Waals surface area contributed by atoms with Crippen LogP contribution in [0.2, 0.25) is 0 Å². The van der Waals surface area contributed by atoms with Crippen molar-refractivity contribution >= 4 is 11.9 Å². The van der Waals surface area contributed by atoms with Crippen LogP contribution in [0.4, 0.5) is 0 Å². The van der Waals surface area contributed by atoms with Crippen molar-refractivity contribution in [2.45, 2.75) is 13.3 Å². The van der Waals surface area contributed by atoms with E-state index >= 15 is 0 Å². The first-order valence-electron chi connectivity index (χ1n) is 5.02. The van der Waals surface area contributed by atoms with Gasteiger partial charge < -0.3 is 10.4 Å². The number of pyridine rings is 1. The van der Waals surface area contributed by atoms with Crippen LogP contribution in [0, 0.1) is 11.8 Å². The standard InChI is InChI=1S/C12H12N2O3/c1-2-3-4-7-13-11(15)9-5-6-10(12(16)17)14-8-9/h5-6,8H,4,7H2,1H3,(H,13,15)(H,16,17). The molecule has 0 aliphatic carbocycles. The summed E-state index contributed by atoms with van der Waals surface area (Å²) in [5.41, 5.74) is 0.248. The van der Waals surface area contributed by atoms with Gasteiger partial charge in [-0.1, -0.05) is 0 Å². The molecule has 1 rings (SSSR count). The fraction of sp³-hybridized carbons (Fsp3) is 0.250. The van der Waals surface area contributed by atoms with Gasteiger partial charge in [0.05, 0.1) is 5.56 Å². The number of carbonyl (C=O) groups excluding carboxylic acids is 1. The number of carboxylic acid groups (broad SMARTS) is 1. The molecular weight excluding hydrogens is 220 g/mol. The molecule has 0 radical (unpaired) electrons. The predicted molar refractivity (Wildman–Crippen MR) is 61.6 cm³/mol. The van der Waals surface area contributed by atoms with Crippen LogP contribution >= 0.6 is 0 Å². The molecule has 0 aliphatic rings. The largest absolute Gasteiger partial charge is 0.477 e. The summed E-state index contributed by atoms with van der Waals surface area (Å²) in [6.45, 7) is 2.19. The van der Waals surface area contributed by atoms with Gasteiger partial charge in [-0.2, -0.15) is 0 Å². The van der Waals surface area contributed by atoms with Crippen LogP contribution in [0.15, 0.2) is 18.3 Å². The molecule has 1 heterocycles. The van der Waals surface area contributed by atoms with Crippen molar-refractivity contribution in [1.29, 1.82) is 0 Å². The van der Waals surface area contributed by atoms with Gasteiger partial charge in [-0.25, -0.2) is 9.78 Å². The third-order valence-corrected chi connectivity index (χ3v) is 1.96. The van der Waals surface area contributed by atoms with Gasteiger partial charge in [0.15, 0.2) is 0 Å². The molecule has 0 fully saturated rings. The van der Waals surface area contributed by atoms with E-state index in [9.17, 15) is 9.59 Å². The topological polar surface area (TPSA) is 79.3 Å². The first-order valence-corrected chi connectivity index (χ1v) is 5.02. The number of amides is 1. The molecule has 0 aliphatic heterocycles. The monoisotopic (exact) mass is 232 g/mol. The molecule has 0 unspecified atom stereocenters. The van der Waals surface area contributed by atoms with Crippen LogP contribution in [-0.4, -0.2) is 28.5 Å². The lowest BCUT2D eigenvalue weighted by molar-refractivity contribution is 0.0689. The van der Waals surface area contributed by atoms with E-state index < -0.39 is 5.97 Å². The minimum Gasteiger partial charge on any atom is -0.477 e. The van der Waals surface area contributed by atoms with Gasteiger partial charge in [0, 0.05) is 19.2 Å². The second-order valence-corrected chi connectivity index (χ2v) is 3.17. The Labute approximate surface area is 98.9 Å². The van der Waals surface area contributed by atoms with E-state index in [1.54, 1.807) is 6.92 Å². The van der Waals surface area contributed by atoms with Gasteiger partial charge in [-0.05, 0) is 19.1 Å². The number of carboxylic acids is 1. The molecule has 0 saturated carbocycles. The van der Waals surface area contributed by atoms with Crippen LogP contribution in [-0.2, 0) is 0 Å². The molecule has 17 heavy (non-hydrogen) atoms. The van der Waals surface area contributed by atoms with Crippen molar-refractivity contribution in [3.63, 3.8) is 0 Å². The Morgan fingerprint density at radius 2 is 2.24 bits per heavy atom. The minimum absolute atomic E-state index is 0.0848. The molecule has 1 amide bonds. The lowest BCUT2D eigenvalue weighted by Crippen LogP contribution is -2.24. The van der Waals surface area contributed by atoms with Crippen molar-refractivity contribution in [2.24, 2.45) is 0 Å². The summed E-state index contributed by atoms with van der Waals surface area (Å²) in [5, 5.41) is 11.3. The molecule has 0 atom stereocenters. The highest BCUT2D eigenvalue weighted by Gasteiger charge is 2.08. The highest BCUT2D eigenvalue weighted by Crippen LogP contribution is 2.00. The number of hydrogen-bond donors (Lipinski definition) is 2. The van der Waals surface area contributed by atoms with Crippen LogP contribution in [0.25, 0.3) is 0 Å². The molecule has 5 nitrogen and oxygen atoms in total. The SMILES string of the molecule is CC#CCCNC(=O)c1ccc(C(=O)O)nc1. The Morgan fingerprint density at radius 3 is 2.76 bits per heavy atom. The summed E-state index contributed by atoms with van der Waals surface area (Å²) in [6, 6.07) is 2.72. The Balaban J connectivity index is 2.56. The van der Waals surface area contributed by atoms with E-state index in [2.05, 4.69) is 22.1 Å². The summed E-state index contributed by atoms with van der Waals surface area (Å²) in [4.78, 5) is 25.7. The summed E-state index contributed by atoms with van der Waals surface area (Å²) in [5.74, 6) is 4.14. The van der Waals surface area contributed by atoms with Gasteiger partial charge in [0.25, 0.3) is 5.91 Å². The fourth-order valence-corrected chi connectivity index (χ4v) is 1.12. The lowest BCUT2D eigenvalue weighted by Gasteiger charge is -2.02. The predicted octanol–water partition coefficient (Wildman–Crippen LogP) is 0.923. The molecule has 0 saturated heterocycles. The third-order valence-electron chi connectivity index (χ3n) is 1.96. The normalized spacial score (nSPS) is 9.00. The maximum absolute atomic E-state index is 11.5. The zero-order valence-corrected chi connectivity index (χ0v) is 9.36. The third kappa shape index (κ3) is 3.95. The number of aromatic nitrogens is 1. The summed E-state index contributed by atoms with van der Waals surface area (Å²) in [7, 11) is 0. The Hall–Kier alpha value is -2.35. The zero-order chi connectivity index (χ0) is 12.7. The smallest absolute Gasteiger partial charge is 0.354 e. The second-order valence-electron chi connectivity index (χ2n) is 3.17. The number of aromatic carboxylic acids is 1. The summed E-state index contributed by atoms with van der Waals surface area (Å²) < 4.78 is 0. The van der Waals surface area contributed by atoms with Gasteiger partial charge in [0.1, 0.15) is 5.69 Å². The lowest BCUT2D eigenvalue weighted by atomic mass is 10.2. The van der Waals surface area contributed by atoms with Crippen LogP contribution in [0.5, 0.6) is 0 Å². The first-order chi connectivity index (χ1) is 8.15. The second kappa shape index (κ2) is 6.28. The van der Waals surface area contributed by atoms with Crippen molar-refractivity contribution in [2.75, 3.05) is 6.54 Å². The number of carbonyl (C=O) groups is 2. The molecule has 0 bridgehead atoms. The van der Waals surface area contributed by atoms with Crippen molar-refractivity contribution in [1.82, 2.24) is 10.3 Å². The van der Waals surface area contributed by atoms with Crippen LogP contribution in [0.3, 0.4) is 0 Å². The molecule has 0 aromatic carbocycles. The van der Waals surface area contributed by atoms with Crippen molar-refractivity contribution in [3.05, 3.63) is 29.6 Å². The van der Waals surface area contributed by atoms with Gasteiger partial charge >= 0.3 is 5.97 Å². The van der Waals surface area contributed by atoms with Crippen molar-refractivity contribution < 1.29 is 14.7 Å². The minimum atomic E-state index is -1.12. The van der Waals surface area contributed by atoms with E-state index in [-0.39, 0.29) is 11.6 Å². The maximum atomic E-state index is 11.5. The Morgan fingerprint density at radius 1 is 1.47 bits per heavy atom. The average molecular weight is 232 g/mol. The van der Waals surface area contributed by atoms with E-state index in [0.717, 1.165) is 0 Å². The van der Waals surface area contributed by atoms with E-state index in [1.807, 2.05) is 0 Å². The van der Waals surface area contributed by atoms with E-state index in [0.29, 0.717) is 18.5 Å². The molecular formula is C12H12N2O3. The average Bonchev–Trinajstić information content (AvgIpc) is 2.34. The summed E-state index contributed by atoms with van der Waals surface area (Å²) in [6.07, 6.45) is 1.83. The Bertz CT molecular complexity index is 469. The maximum Gasteiger partial charge on any atom is 0.354 e. The fourth-order valence-electron chi connectivity index (χ4n) is 1.12. The number of hydrogen-bond acceptors (Lipinski definition) is 3. The van der Waals surface area contributed by atoms with E-state index in [1.165, 1.54) is 18.3 Å². The molecule has 1 aromatic rings. The molecule has 2 N–H and O–H groups in total. The molecule has 1 aromatic heterocycles. The molecule has 88 valence electrons. The highest BCUT2D eigenvalue weighted by molar-refractivity contribution is 5.94. The quantitative estimate of drug-likeness (QED) is 0.597. The summed E-state index contributed by atoms with van der Waals surface area (Å²) >= 11 is 0. The van der Waals surface area contributed by atoms with Crippen LogP contribution < -0.4 is 5.32 Å². The van der Waals surface area contributed by atoms with Crippen molar-refractivity contribution in [3.8, 4) is 11.8 Å². The van der Waals surface area contributed by atoms with Crippen LogP contribution in [0.1, 0.15) is 34.2 Å². The van der Waals surface area contributed by atoms with E-state index in [4.69, 9.17) is 5.11 Å². The number of nitrogens with one attached hydrogen (secondary N) is 1. The van der Waals surface area contributed by atoms with Gasteiger partial charge in [0.2, 0.25) is 0 Å².